The normalized spacial score (nSPS) is 10.8. The molecule has 0 aliphatic heterocycles. The van der Waals surface area contributed by atoms with Crippen molar-refractivity contribution in [2.24, 2.45) is 0 Å². The number of nitrogens with one attached hydrogen (secondary N) is 2. The van der Waals surface area contributed by atoms with Gasteiger partial charge in [-0.05, 0) is 54.3 Å². The number of anilines is 1. The van der Waals surface area contributed by atoms with E-state index in [2.05, 4.69) is 10.6 Å². The number of hydrogen-bond acceptors (Lipinski definition) is 4. The molecule has 0 bridgehead atoms. The van der Waals surface area contributed by atoms with E-state index in [-0.39, 0.29) is 23.1 Å². The Hall–Kier alpha value is -4.08. The molecule has 0 radical (unpaired) electrons. The molecule has 0 saturated heterocycles. The molecule has 0 unspecified atom stereocenters. The van der Waals surface area contributed by atoms with E-state index in [0.717, 1.165) is 12.8 Å². The van der Waals surface area contributed by atoms with Crippen molar-refractivity contribution in [3.05, 3.63) is 101 Å². The van der Waals surface area contributed by atoms with Crippen LogP contribution >= 0.6 is 11.6 Å². The van der Waals surface area contributed by atoms with E-state index >= 15 is 0 Å². The topological polar surface area (TPSA) is 91.2 Å². The summed E-state index contributed by atoms with van der Waals surface area (Å²) in [6, 6.07) is 25.8. The zero-order chi connectivity index (χ0) is 24.2. The average Bonchev–Trinajstić information content (AvgIpc) is 2.85. The number of carbonyl (C=O) groups excluding carboxylic acids is 2. The molecule has 0 heterocycles. The van der Waals surface area contributed by atoms with Crippen LogP contribution in [0.3, 0.4) is 0 Å². The first kappa shape index (κ1) is 24.6. The molecule has 6 nitrogen and oxygen atoms in total. The second-order valence-electron chi connectivity index (χ2n) is 7.41. The van der Waals surface area contributed by atoms with Crippen LogP contribution in [0.1, 0.15) is 17.5 Å². The van der Waals surface area contributed by atoms with Crippen molar-refractivity contribution in [2.45, 2.75) is 12.8 Å². The number of hydrogen-bond donors (Lipinski definition) is 2. The Bertz CT molecular complexity index is 1190. The Morgan fingerprint density at radius 2 is 1.71 bits per heavy atom. The summed E-state index contributed by atoms with van der Waals surface area (Å²) >= 11 is 6.27. The fourth-order valence-corrected chi connectivity index (χ4v) is 3.38. The third kappa shape index (κ3) is 7.80. The van der Waals surface area contributed by atoms with Gasteiger partial charge in [-0.1, -0.05) is 66.2 Å². The Labute approximate surface area is 203 Å². The van der Waals surface area contributed by atoms with Gasteiger partial charge in [0, 0.05) is 12.2 Å². The van der Waals surface area contributed by atoms with E-state index in [4.69, 9.17) is 16.3 Å². The highest BCUT2D eigenvalue weighted by atomic mass is 35.5. The zero-order valence-corrected chi connectivity index (χ0v) is 19.2. The molecule has 0 saturated carbocycles. The van der Waals surface area contributed by atoms with Gasteiger partial charge in [0.1, 0.15) is 17.4 Å². The summed E-state index contributed by atoms with van der Waals surface area (Å²) in [6.45, 7) is 0.254. The van der Waals surface area contributed by atoms with E-state index in [1.54, 1.807) is 30.3 Å². The monoisotopic (exact) mass is 473 g/mol. The first-order valence-electron chi connectivity index (χ1n) is 10.8. The Balaban J connectivity index is 1.51. The summed E-state index contributed by atoms with van der Waals surface area (Å²) in [6.07, 6.45) is 3.07. The lowest BCUT2D eigenvalue weighted by atomic mass is 10.1. The highest BCUT2D eigenvalue weighted by molar-refractivity contribution is 6.32. The molecule has 7 heteroatoms. The maximum atomic E-state index is 12.4. The molecule has 34 heavy (non-hydrogen) atoms. The zero-order valence-electron chi connectivity index (χ0n) is 18.5. The lowest BCUT2D eigenvalue weighted by Crippen LogP contribution is -2.25. The molecule has 0 spiro atoms. The second-order valence-corrected chi connectivity index (χ2v) is 7.81. The molecule has 0 aromatic heterocycles. The molecule has 2 amide bonds. The minimum Gasteiger partial charge on any atom is -0.482 e. The third-order valence-electron chi connectivity index (χ3n) is 4.82. The van der Waals surface area contributed by atoms with Gasteiger partial charge in [-0.2, -0.15) is 5.26 Å². The van der Waals surface area contributed by atoms with Gasteiger partial charge >= 0.3 is 0 Å². The summed E-state index contributed by atoms with van der Waals surface area (Å²) in [5.74, 6) is -0.433. The number of nitriles is 1. The SMILES string of the molecule is N#C/C(=C/c1ccc(OCC(=O)Nc2ccccc2)c(Cl)c1)C(=O)NCCCc1ccccc1. The minimum absolute atomic E-state index is 0.0216. The molecule has 0 atom stereocenters. The van der Waals surface area contributed by atoms with Gasteiger partial charge in [0.05, 0.1) is 5.02 Å². The van der Waals surface area contributed by atoms with Crippen LogP contribution < -0.4 is 15.4 Å². The molecule has 3 rings (SSSR count). The van der Waals surface area contributed by atoms with Crippen LogP contribution in [-0.2, 0) is 16.0 Å². The van der Waals surface area contributed by atoms with Crippen molar-refractivity contribution < 1.29 is 14.3 Å². The van der Waals surface area contributed by atoms with Crippen LogP contribution in [0.5, 0.6) is 5.75 Å². The van der Waals surface area contributed by atoms with Crippen molar-refractivity contribution >= 4 is 35.2 Å². The third-order valence-corrected chi connectivity index (χ3v) is 5.11. The van der Waals surface area contributed by atoms with Crippen LogP contribution in [0.25, 0.3) is 6.08 Å². The fraction of sp³-hybridized carbons (Fsp3) is 0.148. The number of aryl methyl sites for hydroxylation is 1. The quantitative estimate of drug-likeness (QED) is 0.246. The number of ether oxygens (including phenoxy) is 1. The van der Waals surface area contributed by atoms with Gasteiger partial charge in [-0.15, -0.1) is 0 Å². The Kier molecular flexibility index (Phi) is 9.27. The van der Waals surface area contributed by atoms with Gasteiger partial charge in [-0.25, -0.2) is 0 Å². The Morgan fingerprint density at radius 3 is 2.38 bits per heavy atom. The number of carbonyl (C=O) groups is 2. The molecule has 0 aliphatic rings. The predicted octanol–water partition coefficient (Wildman–Crippen LogP) is 5.01. The number of para-hydroxylation sites is 1. The molecule has 3 aromatic carbocycles. The van der Waals surface area contributed by atoms with Crippen LogP contribution in [-0.4, -0.2) is 25.0 Å². The van der Waals surface area contributed by atoms with Crippen molar-refractivity contribution in [1.82, 2.24) is 5.32 Å². The maximum absolute atomic E-state index is 12.4. The largest absolute Gasteiger partial charge is 0.482 e. The number of nitrogens with zero attached hydrogens (tertiary/aromatic N) is 1. The second kappa shape index (κ2) is 12.8. The summed E-state index contributed by atoms with van der Waals surface area (Å²) in [5.41, 5.74) is 2.42. The minimum atomic E-state index is -0.440. The summed E-state index contributed by atoms with van der Waals surface area (Å²) in [4.78, 5) is 24.4. The van der Waals surface area contributed by atoms with E-state index < -0.39 is 5.91 Å². The lowest BCUT2D eigenvalue weighted by Gasteiger charge is -2.09. The highest BCUT2D eigenvalue weighted by Gasteiger charge is 2.11. The summed E-state index contributed by atoms with van der Waals surface area (Å²) in [7, 11) is 0. The summed E-state index contributed by atoms with van der Waals surface area (Å²) < 4.78 is 5.50. The highest BCUT2D eigenvalue weighted by Crippen LogP contribution is 2.26. The number of halogens is 1. The molecule has 0 aliphatic carbocycles. The lowest BCUT2D eigenvalue weighted by molar-refractivity contribution is -0.118. The predicted molar refractivity (Wildman–Crippen MR) is 133 cm³/mol. The first-order valence-corrected chi connectivity index (χ1v) is 11.1. The molecule has 0 fully saturated rings. The Morgan fingerprint density at radius 1 is 1.00 bits per heavy atom. The first-order chi connectivity index (χ1) is 16.5. The van der Waals surface area contributed by atoms with Crippen LogP contribution in [0.4, 0.5) is 5.69 Å². The molecular weight excluding hydrogens is 450 g/mol. The van der Waals surface area contributed by atoms with Gasteiger partial charge in [0.15, 0.2) is 6.61 Å². The smallest absolute Gasteiger partial charge is 0.262 e. The van der Waals surface area contributed by atoms with Gasteiger partial charge in [-0.3, -0.25) is 9.59 Å². The van der Waals surface area contributed by atoms with Gasteiger partial charge in [0.25, 0.3) is 11.8 Å². The van der Waals surface area contributed by atoms with Crippen molar-refractivity contribution in [1.29, 1.82) is 5.26 Å². The number of rotatable bonds is 10. The molecule has 2 N–H and O–H groups in total. The van der Waals surface area contributed by atoms with E-state index in [1.165, 1.54) is 11.6 Å². The van der Waals surface area contributed by atoms with Crippen LogP contribution in [0.2, 0.25) is 5.02 Å². The van der Waals surface area contributed by atoms with Crippen LogP contribution in [0.15, 0.2) is 84.4 Å². The summed E-state index contributed by atoms with van der Waals surface area (Å²) in [5, 5.41) is 15.2. The molecule has 172 valence electrons. The van der Waals surface area contributed by atoms with E-state index in [9.17, 15) is 14.9 Å². The van der Waals surface area contributed by atoms with Crippen molar-refractivity contribution in [3.8, 4) is 11.8 Å². The van der Waals surface area contributed by atoms with Crippen molar-refractivity contribution in [2.75, 3.05) is 18.5 Å². The van der Waals surface area contributed by atoms with E-state index in [0.29, 0.717) is 23.5 Å². The van der Waals surface area contributed by atoms with Gasteiger partial charge < -0.3 is 15.4 Å². The molecular formula is C27H24ClN3O3. The number of amides is 2. The van der Waals surface area contributed by atoms with E-state index in [1.807, 2.05) is 54.6 Å². The van der Waals surface area contributed by atoms with Gasteiger partial charge in [0.2, 0.25) is 0 Å². The molecule has 3 aromatic rings. The maximum Gasteiger partial charge on any atom is 0.262 e. The average molecular weight is 474 g/mol. The fourth-order valence-electron chi connectivity index (χ4n) is 3.14. The van der Waals surface area contributed by atoms with Crippen LogP contribution in [0, 0.1) is 11.3 Å². The van der Waals surface area contributed by atoms with Crippen molar-refractivity contribution in [3.63, 3.8) is 0 Å². The standard InChI is InChI=1S/C27H24ClN3O3/c28-24-17-21(13-14-25(24)34-19-26(32)31-23-11-5-2-6-12-23)16-22(18-29)27(33)30-15-7-10-20-8-3-1-4-9-20/h1-6,8-9,11-14,16-17H,7,10,15,19H2,(H,30,33)(H,31,32)/b22-16-. The number of benzene rings is 3.